The number of rotatable bonds is 1. The van der Waals surface area contributed by atoms with Gasteiger partial charge in [-0.15, -0.1) is 11.6 Å². The Morgan fingerprint density at radius 1 is 1.50 bits per heavy atom. The van der Waals surface area contributed by atoms with Crippen LogP contribution in [0.5, 0.6) is 0 Å². The lowest BCUT2D eigenvalue weighted by Gasteiger charge is -2.36. The molecule has 2 aliphatic heterocycles. The van der Waals surface area contributed by atoms with Gasteiger partial charge in [0.2, 0.25) is 0 Å². The van der Waals surface area contributed by atoms with Crippen LogP contribution in [-0.2, 0) is 14.2 Å². The molecule has 6 heteroatoms. The van der Waals surface area contributed by atoms with Gasteiger partial charge in [-0.25, -0.2) is 0 Å². The van der Waals surface area contributed by atoms with E-state index >= 15 is 0 Å². The van der Waals surface area contributed by atoms with Gasteiger partial charge in [-0.3, -0.25) is 0 Å². The molecular weight excluding hydrogens is 236 g/mol. The zero-order chi connectivity index (χ0) is 11.5. The molecule has 1 saturated carbocycles. The predicted octanol–water partition coefficient (Wildman–Crippen LogP) is -0.319. The van der Waals surface area contributed by atoms with Crippen LogP contribution in [-0.4, -0.2) is 53.6 Å². The molecule has 0 radical (unpaired) electrons. The zero-order valence-electron chi connectivity index (χ0n) is 8.88. The second-order valence-electron chi connectivity index (χ2n) is 4.79. The number of hydrogen-bond donors (Lipinski definition) is 2. The van der Waals surface area contributed by atoms with Gasteiger partial charge in [-0.2, -0.15) is 0 Å². The lowest BCUT2D eigenvalue weighted by Crippen LogP contribution is -2.46. The van der Waals surface area contributed by atoms with E-state index < -0.39 is 29.7 Å². The quantitative estimate of drug-likeness (QED) is 0.625. The van der Waals surface area contributed by atoms with Crippen molar-refractivity contribution in [3.63, 3.8) is 0 Å². The molecule has 16 heavy (non-hydrogen) atoms. The fraction of sp³-hybridized carbons (Fsp3) is 1.00. The van der Waals surface area contributed by atoms with E-state index in [2.05, 4.69) is 0 Å². The van der Waals surface area contributed by atoms with E-state index in [0.717, 1.165) is 0 Å². The molecule has 0 aromatic rings. The number of ether oxygens (including phenoxy) is 3. The summed E-state index contributed by atoms with van der Waals surface area (Å²) in [6, 6.07) is 0. The maximum absolute atomic E-state index is 10.4. The average Bonchev–Trinajstić information content (AvgIpc) is 2.73. The molecule has 3 fully saturated rings. The fourth-order valence-corrected chi connectivity index (χ4v) is 3.60. The van der Waals surface area contributed by atoms with Crippen molar-refractivity contribution in [3.8, 4) is 0 Å². The van der Waals surface area contributed by atoms with E-state index in [1.54, 1.807) is 7.11 Å². The van der Waals surface area contributed by atoms with Gasteiger partial charge in [-0.1, -0.05) is 0 Å². The Bertz CT molecular complexity index is 301. The molecule has 7 atom stereocenters. The number of aliphatic hydroxyl groups excluding tert-OH is 1. The maximum Gasteiger partial charge on any atom is 0.166 e. The van der Waals surface area contributed by atoms with Gasteiger partial charge in [0, 0.05) is 25.4 Å². The average molecular weight is 251 g/mol. The maximum atomic E-state index is 10.4. The molecule has 0 spiro atoms. The highest BCUT2D eigenvalue weighted by molar-refractivity contribution is 6.22. The van der Waals surface area contributed by atoms with E-state index in [9.17, 15) is 10.2 Å². The molecule has 0 amide bonds. The Balaban J connectivity index is 1.93. The second-order valence-corrected chi connectivity index (χ2v) is 5.26. The van der Waals surface area contributed by atoms with Crippen molar-refractivity contribution in [1.82, 2.24) is 0 Å². The minimum Gasteiger partial charge on any atom is -0.391 e. The summed E-state index contributed by atoms with van der Waals surface area (Å²) >= 11 is 6.09. The predicted molar refractivity (Wildman–Crippen MR) is 53.8 cm³/mol. The van der Waals surface area contributed by atoms with Crippen LogP contribution in [0, 0.1) is 11.8 Å². The Morgan fingerprint density at radius 3 is 2.94 bits per heavy atom. The smallest absolute Gasteiger partial charge is 0.166 e. The minimum atomic E-state index is -1.17. The molecule has 3 rings (SSSR count). The summed E-state index contributed by atoms with van der Waals surface area (Å²) in [5.41, 5.74) is -1.17. The number of methoxy groups -OCH3 is 1. The molecule has 5 nitrogen and oxygen atoms in total. The van der Waals surface area contributed by atoms with E-state index in [-0.39, 0.29) is 18.4 Å². The number of halogens is 1. The van der Waals surface area contributed by atoms with Crippen molar-refractivity contribution in [1.29, 1.82) is 0 Å². The SMILES string of the molecule is CO[C@H]1C[C@H]2[C@H](O)[C@@H](Cl)[C@@]3(O)CO[C@@H](O1)[C@@H]23. The second kappa shape index (κ2) is 3.54. The van der Waals surface area contributed by atoms with Crippen LogP contribution in [0.4, 0.5) is 0 Å². The molecule has 1 aliphatic carbocycles. The molecule has 2 saturated heterocycles. The minimum absolute atomic E-state index is 0.112. The van der Waals surface area contributed by atoms with Crippen molar-refractivity contribution in [2.24, 2.45) is 11.8 Å². The third-order valence-corrected chi connectivity index (χ3v) is 4.68. The van der Waals surface area contributed by atoms with Gasteiger partial charge in [0.05, 0.1) is 18.1 Å². The van der Waals surface area contributed by atoms with Crippen molar-refractivity contribution in [2.75, 3.05) is 13.7 Å². The highest BCUT2D eigenvalue weighted by Crippen LogP contribution is 2.54. The highest BCUT2D eigenvalue weighted by Gasteiger charge is 2.67. The van der Waals surface area contributed by atoms with E-state index in [1.807, 2.05) is 0 Å². The van der Waals surface area contributed by atoms with Gasteiger partial charge < -0.3 is 24.4 Å². The topological polar surface area (TPSA) is 68.2 Å². The zero-order valence-corrected chi connectivity index (χ0v) is 9.63. The standard InChI is InChI=1S/C10H15ClO5/c1-14-5-2-4-6-9(16-5)15-3-10(6,13)8(11)7(4)12/h4-9,12-13H,2-3H2,1H3/t4-,5-,6-,7+,8-,9+,10-/m1/s1. The van der Waals surface area contributed by atoms with Crippen LogP contribution in [0.15, 0.2) is 0 Å². The van der Waals surface area contributed by atoms with Crippen LogP contribution < -0.4 is 0 Å². The lowest BCUT2D eigenvalue weighted by molar-refractivity contribution is -0.274. The molecule has 2 N–H and O–H groups in total. The molecule has 2 heterocycles. The first-order valence-electron chi connectivity index (χ1n) is 5.42. The summed E-state index contributed by atoms with van der Waals surface area (Å²) < 4.78 is 16.1. The third-order valence-electron chi connectivity index (χ3n) is 4.04. The summed E-state index contributed by atoms with van der Waals surface area (Å²) in [6.45, 7) is 0.112. The molecule has 3 aliphatic rings. The normalized spacial score (nSPS) is 60.0. The Hall–Kier alpha value is 0.0900. The fourth-order valence-electron chi connectivity index (χ4n) is 3.20. The number of hydrogen-bond acceptors (Lipinski definition) is 5. The summed E-state index contributed by atoms with van der Waals surface area (Å²) in [4.78, 5) is 0. The Kier molecular flexibility index (Phi) is 2.48. The van der Waals surface area contributed by atoms with Gasteiger partial charge in [0.1, 0.15) is 5.60 Å². The lowest BCUT2D eigenvalue weighted by atomic mass is 9.84. The molecule has 0 bridgehead atoms. The van der Waals surface area contributed by atoms with Crippen molar-refractivity contribution in [2.45, 2.75) is 36.1 Å². The van der Waals surface area contributed by atoms with E-state index in [1.165, 1.54) is 0 Å². The monoisotopic (exact) mass is 250 g/mol. The van der Waals surface area contributed by atoms with Gasteiger partial charge in [0.25, 0.3) is 0 Å². The number of aliphatic hydroxyl groups is 2. The summed E-state index contributed by atoms with van der Waals surface area (Å²) in [5.74, 6) is -0.380. The van der Waals surface area contributed by atoms with Crippen molar-refractivity contribution >= 4 is 11.6 Å². The molecule has 0 unspecified atom stereocenters. The Morgan fingerprint density at radius 2 is 2.25 bits per heavy atom. The summed E-state index contributed by atoms with van der Waals surface area (Å²) in [7, 11) is 1.55. The van der Waals surface area contributed by atoms with Crippen LogP contribution in [0.3, 0.4) is 0 Å². The molecule has 0 aromatic carbocycles. The van der Waals surface area contributed by atoms with Gasteiger partial charge in [-0.05, 0) is 0 Å². The molecular formula is C10H15ClO5. The Labute approximate surface area is 98.2 Å². The number of alkyl halides is 1. The van der Waals surface area contributed by atoms with E-state index in [0.29, 0.717) is 6.42 Å². The third kappa shape index (κ3) is 1.24. The molecule has 0 aromatic heterocycles. The van der Waals surface area contributed by atoms with Crippen LogP contribution >= 0.6 is 11.6 Å². The van der Waals surface area contributed by atoms with Crippen LogP contribution in [0.25, 0.3) is 0 Å². The van der Waals surface area contributed by atoms with E-state index in [4.69, 9.17) is 25.8 Å². The first-order chi connectivity index (χ1) is 7.58. The summed E-state index contributed by atoms with van der Waals surface area (Å²) in [5, 5.41) is 19.7. The van der Waals surface area contributed by atoms with Crippen LogP contribution in [0.1, 0.15) is 6.42 Å². The van der Waals surface area contributed by atoms with Gasteiger partial charge in [0.15, 0.2) is 12.6 Å². The first kappa shape index (κ1) is 11.2. The van der Waals surface area contributed by atoms with Crippen molar-refractivity contribution in [3.05, 3.63) is 0 Å². The van der Waals surface area contributed by atoms with Crippen molar-refractivity contribution < 1.29 is 24.4 Å². The highest BCUT2D eigenvalue weighted by atomic mass is 35.5. The largest absolute Gasteiger partial charge is 0.391 e. The summed E-state index contributed by atoms with van der Waals surface area (Å²) in [6.07, 6.45) is -1.12. The van der Waals surface area contributed by atoms with Gasteiger partial charge >= 0.3 is 0 Å². The van der Waals surface area contributed by atoms with Crippen LogP contribution in [0.2, 0.25) is 0 Å². The first-order valence-corrected chi connectivity index (χ1v) is 5.86. The molecule has 92 valence electrons.